The molecular weight excluding hydrogens is 126 g/mol. The van der Waals surface area contributed by atoms with Crippen LogP contribution in [0.15, 0.2) is 12.8 Å². The van der Waals surface area contributed by atoms with Crippen LogP contribution in [0.2, 0.25) is 0 Å². The molecule has 1 rings (SSSR count). The molecule has 0 radical (unpaired) electrons. The van der Waals surface area contributed by atoms with Gasteiger partial charge in [-0.2, -0.15) is 0 Å². The maximum Gasteiger partial charge on any atom is 0.0172 e. The van der Waals surface area contributed by atoms with Gasteiger partial charge in [0.15, 0.2) is 0 Å². The number of nitrogens with two attached hydrogens (primary N) is 2. The van der Waals surface area contributed by atoms with Crippen LogP contribution in [0.5, 0.6) is 0 Å². The summed E-state index contributed by atoms with van der Waals surface area (Å²) in [6.07, 6.45) is 6.06. The third kappa shape index (κ3) is 3.48. The Morgan fingerprint density at radius 3 is 1.90 bits per heavy atom. The zero-order valence-corrected chi connectivity index (χ0v) is 6.42. The summed E-state index contributed by atoms with van der Waals surface area (Å²) in [6.45, 7) is 6.16. The van der Waals surface area contributed by atoms with Crippen LogP contribution in [-0.4, -0.2) is 18.0 Å². The first-order valence-corrected chi connectivity index (χ1v) is 3.63. The summed E-state index contributed by atoms with van der Waals surface area (Å²) < 4.78 is 0. The highest BCUT2D eigenvalue weighted by Gasteiger charge is 2.02. The minimum absolute atomic E-state index is 1.23. The summed E-state index contributed by atoms with van der Waals surface area (Å²) in [6, 6.07) is 0. The number of piperidine rings is 1. The van der Waals surface area contributed by atoms with Gasteiger partial charge in [0.25, 0.3) is 0 Å². The van der Waals surface area contributed by atoms with Crippen LogP contribution < -0.4 is 11.7 Å². The van der Waals surface area contributed by atoms with Crippen molar-refractivity contribution >= 4 is 0 Å². The first kappa shape index (κ1) is 9.46. The van der Waals surface area contributed by atoms with Gasteiger partial charge in [-0.3, -0.25) is 11.7 Å². The van der Waals surface area contributed by atoms with E-state index in [0.717, 1.165) is 0 Å². The normalized spacial score (nSPS) is 17.2. The molecule has 3 nitrogen and oxygen atoms in total. The van der Waals surface area contributed by atoms with Crippen molar-refractivity contribution in [1.82, 2.24) is 4.90 Å². The van der Waals surface area contributed by atoms with Crippen molar-refractivity contribution < 1.29 is 0 Å². The smallest absolute Gasteiger partial charge is 0.0172 e. The van der Waals surface area contributed by atoms with E-state index in [1.165, 1.54) is 32.4 Å². The quantitative estimate of drug-likeness (QED) is 0.413. The maximum absolute atomic E-state index is 4.00. The molecule has 10 heavy (non-hydrogen) atoms. The van der Waals surface area contributed by atoms with Crippen LogP contribution in [0.3, 0.4) is 0 Å². The van der Waals surface area contributed by atoms with E-state index in [2.05, 4.69) is 23.2 Å². The molecule has 0 bridgehead atoms. The van der Waals surface area contributed by atoms with Crippen molar-refractivity contribution in [2.75, 3.05) is 13.1 Å². The number of hydrazine groups is 1. The molecule has 1 aliphatic heterocycles. The average molecular weight is 143 g/mol. The monoisotopic (exact) mass is 143 g/mol. The number of likely N-dealkylation sites (tertiary alicyclic amines) is 1. The van der Waals surface area contributed by atoms with Gasteiger partial charge in [-0.15, -0.1) is 0 Å². The Labute approximate surface area is 62.6 Å². The Hall–Kier alpha value is -0.540. The minimum Gasteiger partial charge on any atom is -0.378 e. The molecule has 0 spiro atoms. The molecule has 0 atom stereocenters. The largest absolute Gasteiger partial charge is 0.378 e. The molecule has 60 valence electrons. The SMILES string of the molecule is C=CN1CCCCC1.NN. The fourth-order valence-corrected chi connectivity index (χ4v) is 1.10. The summed E-state index contributed by atoms with van der Waals surface area (Å²) in [4.78, 5) is 2.28. The standard InChI is InChI=1S/C7H13N.H4N2/c1-2-8-6-4-3-5-7-8;1-2/h2H,1,3-7H2;1-2H2. The molecular formula is C7H17N3. The molecule has 0 aliphatic carbocycles. The Kier molecular flexibility index (Phi) is 6.22. The minimum atomic E-state index is 1.23. The molecule has 0 aromatic carbocycles. The Morgan fingerprint density at radius 1 is 1.10 bits per heavy atom. The molecule has 0 saturated carbocycles. The topological polar surface area (TPSA) is 55.3 Å². The van der Waals surface area contributed by atoms with Crippen LogP contribution in [0.4, 0.5) is 0 Å². The lowest BCUT2D eigenvalue weighted by molar-refractivity contribution is 0.310. The number of hydrogen-bond acceptors (Lipinski definition) is 3. The third-order valence-electron chi connectivity index (χ3n) is 1.65. The van der Waals surface area contributed by atoms with Gasteiger partial charge in [0.1, 0.15) is 0 Å². The molecule has 1 heterocycles. The van der Waals surface area contributed by atoms with Gasteiger partial charge in [-0.25, -0.2) is 0 Å². The lowest BCUT2D eigenvalue weighted by atomic mass is 10.1. The second-order valence-corrected chi connectivity index (χ2v) is 2.28. The van der Waals surface area contributed by atoms with Gasteiger partial charge in [-0.1, -0.05) is 6.58 Å². The van der Waals surface area contributed by atoms with E-state index < -0.39 is 0 Å². The van der Waals surface area contributed by atoms with Gasteiger partial charge in [0.05, 0.1) is 0 Å². The zero-order chi connectivity index (χ0) is 7.82. The van der Waals surface area contributed by atoms with Crippen molar-refractivity contribution in [3.63, 3.8) is 0 Å². The van der Waals surface area contributed by atoms with E-state index in [0.29, 0.717) is 0 Å². The number of nitrogens with zero attached hydrogens (tertiary/aromatic N) is 1. The van der Waals surface area contributed by atoms with Gasteiger partial charge < -0.3 is 4.90 Å². The van der Waals surface area contributed by atoms with E-state index in [-0.39, 0.29) is 0 Å². The first-order chi connectivity index (χ1) is 4.93. The summed E-state index contributed by atoms with van der Waals surface area (Å²) in [5.74, 6) is 8.00. The van der Waals surface area contributed by atoms with Crippen molar-refractivity contribution in [3.8, 4) is 0 Å². The second-order valence-electron chi connectivity index (χ2n) is 2.28. The lowest BCUT2D eigenvalue weighted by Crippen LogP contribution is -2.23. The molecule has 4 N–H and O–H groups in total. The van der Waals surface area contributed by atoms with Crippen molar-refractivity contribution in [1.29, 1.82) is 0 Å². The fraction of sp³-hybridized carbons (Fsp3) is 0.714. The highest BCUT2D eigenvalue weighted by molar-refractivity contribution is 4.73. The lowest BCUT2D eigenvalue weighted by Gasteiger charge is -2.23. The van der Waals surface area contributed by atoms with Crippen LogP contribution in [0, 0.1) is 0 Å². The molecule has 1 fully saturated rings. The second kappa shape index (κ2) is 6.58. The summed E-state index contributed by atoms with van der Waals surface area (Å²) in [5, 5.41) is 0. The first-order valence-electron chi connectivity index (χ1n) is 3.63. The molecule has 0 unspecified atom stereocenters. The number of rotatable bonds is 1. The Bertz CT molecular complexity index is 76.9. The zero-order valence-electron chi connectivity index (χ0n) is 6.42. The van der Waals surface area contributed by atoms with E-state index >= 15 is 0 Å². The van der Waals surface area contributed by atoms with Crippen LogP contribution in [-0.2, 0) is 0 Å². The highest BCUT2D eigenvalue weighted by atomic mass is 15.1. The van der Waals surface area contributed by atoms with Crippen LogP contribution in [0.25, 0.3) is 0 Å². The summed E-state index contributed by atoms with van der Waals surface area (Å²) >= 11 is 0. The predicted octanol–water partition coefficient (Wildman–Crippen LogP) is 0.435. The van der Waals surface area contributed by atoms with Crippen molar-refractivity contribution in [3.05, 3.63) is 12.8 Å². The Balaban J connectivity index is 0.000000371. The van der Waals surface area contributed by atoms with Crippen molar-refractivity contribution in [2.24, 2.45) is 11.7 Å². The molecule has 0 amide bonds. The van der Waals surface area contributed by atoms with E-state index in [4.69, 9.17) is 0 Å². The molecule has 3 heteroatoms. The van der Waals surface area contributed by atoms with Gasteiger partial charge >= 0.3 is 0 Å². The highest BCUT2D eigenvalue weighted by Crippen LogP contribution is 2.07. The fourth-order valence-electron chi connectivity index (χ4n) is 1.10. The van der Waals surface area contributed by atoms with E-state index in [1.807, 2.05) is 6.20 Å². The van der Waals surface area contributed by atoms with E-state index in [1.54, 1.807) is 0 Å². The third-order valence-corrected chi connectivity index (χ3v) is 1.65. The van der Waals surface area contributed by atoms with Gasteiger partial charge in [0.2, 0.25) is 0 Å². The summed E-state index contributed by atoms with van der Waals surface area (Å²) in [7, 11) is 0. The average Bonchev–Trinajstić information content (AvgIpc) is 2.10. The Morgan fingerprint density at radius 2 is 1.60 bits per heavy atom. The molecule has 1 aliphatic rings. The predicted molar refractivity (Wildman–Crippen MR) is 44.0 cm³/mol. The molecule has 0 aromatic heterocycles. The van der Waals surface area contributed by atoms with Gasteiger partial charge in [0, 0.05) is 13.1 Å². The maximum atomic E-state index is 4.00. The molecule has 0 aromatic rings. The van der Waals surface area contributed by atoms with E-state index in [9.17, 15) is 0 Å². The number of hydrogen-bond donors (Lipinski definition) is 2. The van der Waals surface area contributed by atoms with Crippen molar-refractivity contribution in [2.45, 2.75) is 19.3 Å². The summed E-state index contributed by atoms with van der Waals surface area (Å²) in [5.41, 5.74) is 0. The molecule has 1 saturated heterocycles. The van der Waals surface area contributed by atoms with Gasteiger partial charge in [-0.05, 0) is 25.5 Å². The van der Waals surface area contributed by atoms with Crippen LogP contribution >= 0.6 is 0 Å². The van der Waals surface area contributed by atoms with Crippen LogP contribution in [0.1, 0.15) is 19.3 Å².